The van der Waals surface area contributed by atoms with Crippen LogP contribution in [0.3, 0.4) is 0 Å². The first-order valence-electron chi connectivity index (χ1n) is 21.7. The summed E-state index contributed by atoms with van der Waals surface area (Å²) in [5, 5.41) is 32.7. The number of nitrogens with zero attached hydrogens (tertiary/aromatic N) is 3. The van der Waals surface area contributed by atoms with E-state index in [0.29, 0.717) is 74.0 Å². The van der Waals surface area contributed by atoms with E-state index in [0.717, 1.165) is 21.4 Å². The molecule has 19 heteroatoms. The molecule has 5 heterocycles. The number of aliphatic hydroxyl groups excluding tert-OH is 1. The van der Waals surface area contributed by atoms with Gasteiger partial charge >= 0.3 is 5.97 Å². The average Bonchev–Trinajstić information content (AvgIpc) is 3.79. The molecule has 6 rings (SSSR count). The molecule has 1 aromatic carbocycles. The molecule has 5 atom stereocenters. The van der Waals surface area contributed by atoms with Gasteiger partial charge in [0.25, 0.3) is 17.4 Å². The number of pyridine rings is 2. The van der Waals surface area contributed by atoms with Crippen LogP contribution in [0, 0.1) is 12.7 Å². The van der Waals surface area contributed by atoms with E-state index in [1.165, 1.54) is 43.6 Å². The molecular formula is C45H56FN7O11. The third-order valence-electron chi connectivity index (χ3n) is 12.1. The van der Waals surface area contributed by atoms with Crippen molar-refractivity contribution in [2.45, 2.75) is 129 Å². The summed E-state index contributed by atoms with van der Waals surface area (Å²) in [5.74, 6) is -3.54. The van der Waals surface area contributed by atoms with E-state index in [2.05, 4.69) is 21.3 Å². The van der Waals surface area contributed by atoms with E-state index in [1.807, 2.05) is 6.07 Å². The molecule has 2 aromatic heterocycles. The van der Waals surface area contributed by atoms with Gasteiger partial charge < -0.3 is 40.2 Å². The molecule has 0 aliphatic carbocycles. The van der Waals surface area contributed by atoms with E-state index in [-0.39, 0.29) is 61.4 Å². The second kappa shape index (κ2) is 20.3. The van der Waals surface area contributed by atoms with Gasteiger partial charge in [0, 0.05) is 47.9 Å². The highest BCUT2D eigenvalue weighted by molar-refractivity contribution is 6.12. The third-order valence-corrected chi connectivity index (χ3v) is 12.1. The number of amides is 5. The number of aliphatic hydroxyl groups is 2. The minimum atomic E-state index is -1.96. The molecule has 3 aromatic rings. The molecule has 0 saturated carbocycles. The maximum absolute atomic E-state index is 15.3. The number of benzene rings is 1. The second-order valence-electron chi connectivity index (χ2n) is 16.6. The van der Waals surface area contributed by atoms with Crippen molar-refractivity contribution in [3.63, 3.8) is 0 Å². The fourth-order valence-electron chi connectivity index (χ4n) is 8.13. The normalized spacial score (nSPS) is 18.2. The molecule has 344 valence electrons. The summed E-state index contributed by atoms with van der Waals surface area (Å²) in [6.07, 6.45) is 5.35. The molecule has 18 nitrogen and oxygen atoms in total. The summed E-state index contributed by atoms with van der Waals surface area (Å²) < 4.78 is 27.6. The molecule has 0 bridgehead atoms. The first-order chi connectivity index (χ1) is 30.4. The molecule has 6 N–H and O–H groups in total. The van der Waals surface area contributed by atoms with Crippen LogP contribution in [0.2, 0.25) is 0 Å². The van der Waals surface area contributed by atoms with Gasteiger partial charge in [-0.1, -0.05) is 13.3 Å². The number of aryl methyl sites for hydroxylation is 1. The molecule has 1 unspecified atom stereocenters. The highest BCUT2D eigenvalue weighted by atomic mass is 19.1. The lowest BCUT2D eigenvalue weighted by atomic mass is 9.86. The van der Waals surface area contributed by atoms with E-state index < -0.39 is 59.5 Å². The van der Waals surface area contributed by atoms with Crippen LogP contribution >= 0.6 is 0 Å². The number of aromatic nitrogens is 2. The molecule has 0 fully saturated rings. The number of imide groups is 1. The lowest BCUT2D eigenvalue weighted by Crippen LogP contribution is -2.55. The molecule has 64 heavy (non-hydrogen) atoms. The van der Waals surface area contributed by atoms with Crippen LogP contribution in [0.4, 0.5) is 4.39 Å². The van der Waals surface area contributed by atoms with Gasteiger partial charge in [-0.25, -0.2) is 14.2 Å². The number of halogens is 1. The first kappa shape index (κ1) is 47.6. The van der Waals surface area contributed by atoms with Crippen LogP contribution in [0.1, 0.15) is 100 Å². The largest absolute Gasteiger partial charge is 0.458 e. The Morgan fingerprint density at radius 2 is 1.62 bits per heavy atom. The number of ether oxygens (including phenoxy) is 2. The summed E-state index contributed by atoms with van der Waals surface area (Å²) in [6, 6.07) is 2.14. The summed E-state index contributed by atoms with van der Waals surface area (Å²) in [5.41, 5.74) is 1.42. The number of fused-ring (bicyclic) bond motifs is 5. The number of hydrogen-bond acceptors (Lipinski definition) is 13. The molecule has 0 radical (unpaired) electrons. The van der Waals surface area contributed by atoms with Gasteiger partial charge in [0.15, 0.2) is 5.60 Å². The molecule has 3 aliphatic rings. The van der Waals surface area contributed by atoms with Crippen molar-refractivity contribution < 1.29 is 52.8 Å². The Morgan fingerprint density at radius 3 is 2.33 bits per heavy atom. The van der Waals surface area contributed by atoms with Gasteiger partial charge in [0.2, 0.25) is 17.7 Å². The van der Waals surface area contributed by atoms with E-state index in [4.69, 9.17) is 14.5 Å². The maximum atomic E-state index is 15.3. The van der Waals surface area contributed by atoms with E-state index in [9.17, 15) is 43.8 Å². The van der Waals surface area contributed by atoms with Gasteiger partial charge in [-0.05, 0) is 95.9 Å². The first-order valence-corrected chi connectivity index (χ1v) is 21.7. The Labute approximate surface area is 368 Å². The quantitative estimate of drug-likeness (QED) is 0.0303. The Balaban J connectivity index is 0.904. The summed E-state index contributed by atoms with van der Waals surface area (Å²) >= 11 is 0. The lowest BCUT2D eigenvalue weighted by molar-refractivity contribution is -0.172. The Morgan fingerprint density at radius 1 is 0.938 bits per heavy atom. The van der Waals surface area contributed by atoms with Gasteiger partial charge in [-0.3, -0.25) is 39.0 Å². The van der Waals surface area contributed by atoms with Crippen molar-refractivity contribution in [1.82, 2.24) is 35.7 Å². The van der Waals surface area contributed by atoms with Gasteiger partial charge in [0.1, 0.15) is 37.5 Å². The highest BCUT2D eigenvalue weighted by Gasteiger charge is 2.45. The van der Waals surface area contributed by atoms with E-state index in [1.54, 1.807) is 19.9 Å². The zero-order valence-electron chi connectivity index (χ0n) is 36.7. The zero-order chi connectivity index (χ0) is 46.5. The molecule has 5 amide bonds. The van der Waals surface area contributed by atoms with Crippen molar-refractivity contribution in [2.75, 3.05) is 19.9 Å². The fraction of sp³-hybridized carbons (Fsp3) is 0.511. The Bertz CT molecular complexity index is 2420. The fourth-order valence-corrected chi connectivity index (χ4v) is 8.13. The zero-order valence-corrected chi connectivity index (χ0v) is 36.7. The summed E-state index contributed by atoms with van der Waals surface area (Å²) in [6.45, 7) is 8.27. The number of carbonyl (C=O) groups is 6. The number of nitrogens with one attached hydrogen (secondary N) is 4. The number of hydrogen-bond donors (Lipinski definition) is 6. The molecule has 3 aliphatic heterocycles. The smallest absolute Gasteiger partial charge is 0.343 e. The van der Waals surface area contributed by atoms with Crippen molar-refractivity contribution >= 4 is 46.4 Å². The van der Waals surface area contributed by atoms with Crippen molar-refractivity contribution in [3.8, 4) is 11.4 Å². The molecule has 0 spiro atoms. The van der Waals surface area contributed by atoms with Crippen LogP contribution in [0.5, 0.6) is 0 Å². The van der Waals surface area contributed by atoms with Gasteiger partial charge in [-0.2, -0.15) is 0 Å². The summed E-state index contributed by atoms with van der Waals surface area (Å²) in [4.78, 5) is 93.4. The van der Waals surface area contributed by atoms with Gasteiger partial charge in [-0.15, -0.1) is 0 Å². The number of esters is 1. The third kappa shape index (κ3) is 10.2. The topological polar surface area (TPSA) is 248 Å². The lowest BCUT2D eigenvalue weighted by Gasteiger charge is -2.31. The summed E-state index contributed by atoms with van der Waals surface area (Å²) in [7, 11) is 0. The van der Waals surface area contributed by atoms with Crippen LogP contribution in [0.15, 0.2) is 35.1 Å². The number of rotatable bonds is 21. The number of unbranched alkanes of at least 4 members (excludes halogenated alkanes) is 3. The van der Waals surface area contributed by atoms with Crippen molar-refractivity contribution in [3.05, 3.63) is 74.3 Å². The number of carbonyl (C=O) groups excluding carboxylic acids is 6. The average molecular weight is 890 g/mol. The van der Waals surface area contributed by atoms with Crippen LogP contribution < -0.4 is 26.8 Å². The minimum Gasteiger partial charge on any atom is -0.458 e. The highest BCUT2D eigenvalue weighted by Crippen LogP contribution is 2.39. The van der Waals surface area contributed by atoms with Crippen LogP contribution in [-0.4, -0.2) is 104 Å². The second-order valence-corrected chi connectivity index (χ2v) is 16.6. The Hall–Kier alpha value is -5.89. The van der Waals surface area contributed by atoms with Gasteiger partial charge in [0.05, 0.1) is 35.1 Å². The van der Waals surface area contributed by atoms with E-state index >= 15 is 4.39 Å². The number of cyclic esters (lactones) is 1. The standard InChI is InChI=1S/C45H56FN7O11/c1-6-45(62)32-19-35-39-28(21-53(35)43(60)31(32)22-64-44(45)61)18-30-29(24(2)33(46)20-34(30)51-39)12-9-11-17-63-23-47-40(57)25(3)49-42(59)27(5)50-41(58)26(4)48-36(54)13-8-7-10-16-52-37(55)14-15-38(52)56/h14-15,18-20,25-27,36,48,54,62H,6-13,16-17,21-23H2,1-5H3,(H,47,57)(H,49,59)(H,50,58)/t25-,26-,27-,36?,45-/m0/s1. The van der Waals surface area contributed by atoms with Crippen LogP contribution in [0.25, 0.3) is 22.3 Å². The van der Waals surface area contributed by atoms with Crippen molar-refractivity contribution in [1.29, 1.82) is 0 Å². The van der Waals surface area contributed by atoms with Crippen LogP contribution in [-0.2, 0) is 63.4 Å². The monoisotopic (exact) mass is 889 g/mol. The predicted octanol–water partition coefficient (Wildman–Crippen LogP) is 1.73. The predicted molar refractivity (Wildman–Crippen MR) is 229 cm³/mol. The SMILES string of the molecule is CC[C@@]1(O)C(=O)OCc2c1cc1n(c2=O)Cc2cc3c(CCCCOCNC(=O)[C@H](C)NC(=O)[C@H](C)NC(=O)[C@H](C)NC(O)CCCCCN4C(=O)C=CC4=O)c(C)c(F)cc3nc2-1. The maximum Gasteiger partial charge on any atom is 0.343 e. The van der Waals surface area contributed by atoms with Crippen molar-refractivity contribution in [2.24, 2.45) is 0 Å². The Kier molecular flexibility index (Phi) is 15.1. The minimum absolute atomic E-state index is 0.0181. The molecular weight excluding hydrogens is 834 g/mol. The molecule has 0 saturated heterocycles.